The van der Waals surface area contributed by atoms with Gasteiger partial charge in [-0.15, -0.1) is 0 Å². The van der Waals surface area contributed by atoms with Crippen LogP contribution < -0.4 is 10.9 Å². The van der Waals surface area contributed by atoms with Crippen molar-refractivity contribution in [3.05, 3.63) is 25.9 Å². The number of nitrogens with one attached hydrogen (secondary N) is 1. The summed E-state index contributed by atoms with van der Waals surface area (Å²) in [5.74, 6) is 0. The van der Waals surface area contributed by atoms with Crippen LogP contribution in [0.5, 0.6) is 0 Å². The maximum Gasteiger partial charge on any atom is 0.267 e. The van der Waals surface area contributed by atoms with E-state index in [1.54, 1.807) is 10.9 Å². The molecule has 1 aromatic rings. The number of aromatic nitrogens is 2. The van der Waals surface area contributed by atoms with E-state index in [1.165, 1.54) is 0 Å². The smallest absolute Gasteiger partial charge is 0.267 e. The van der Waals surface area contributed by atoms with Gasteiger partial charge in [0.2, 0.25) is 0 Å². The number of halogens is 1. The average Bonchev–Trinajstić information content (AvgIpc) is 2.16. The Morgan fingerprint density at radius 2 is 2.12 bits per heavy atom. The van der Waals surface area contributed by atoms with Gasteiger partial charge in [0, 0.05) is 18.6 Å². The standard InChI is InChI=1S/C11H18IN3O/c1-8-9(12)10(16)15(7-13-8)6-5-14-11(2,3)4/h7,14H,5-6H2,1-4H3. The first-order valence-electron chi connectivity index (χ1n) is 5.28. The molecule has 0 aliphatic heterocycles. The van der Waals surface area contributed by atoms with Gasteiger partial charge < -0.3 is 5.32 Å². The van der Waals surface area contributed by atoms with E-state index < -0.39 is 0 Å². The number of nitrogens with zero attached hydrogens (tertiary/aromatic N) is 2. The van der Waals surface area contributed by atoms with Crippen LogP contribution in [0, 0.1) is 10.5 Å². The van der Waals surface area contributed by atoms with Crippen molar-refractivity contribution in [2.45, 2.75) is 39.8 Å². The normalized spacial score (nSPS) is 11.8. The molecule has 0 atom stereocenters. The van der Waals surface area contributed by atoms with E-state index in [2.05, 4.69) is 31.1 Å². The summed E-state index contributed by atoms with van der Waals surface area (Å²) in [7, 11) is 0. The molecule has 0 fully saturated rings. The van der Waals surface area contributed by atoms with Gasteiger partial charge in [0.15, 0.2) is 0 Å². The predicted molar refractivity (Wildman–Crippen MR) is 73.7 cm³/mol. The van der Waals surface area contributed by atoms with Crippen LogP contribution in [0.1, 0.15) is 26.5 Å². The summed E-state index contributed by atoms with van der Waals surface area (Å²) >= 11 is 2.05. The van der Waals surface area contributed by atoms with Gasteiger partial charge in [0.05, 0.1) is 15.6 Å². The summed E-state index contributed by atoms with van der Waals surface area (Å²) in [6.07, 6.45) is 1.62. The third kappa shape index (κ3) is 3.86. The first kappa shape index (κ1) is 13.6. The predicted octanol–water partition coefficient (Wildman–Crippen LogP) is 1.54. The van der Waals surface area contributed by atoms with E-state index >= 15 is 0 Å². The Hall–Kier alpha value is -0.430. The third-order valence-corrected chi connectivity index (χ3v) is 3.41. The largest absolute Gasteiger partial charge is 0.310 e. The molecule has 1 aromatic heterocycles. The zero-order valence-electron chi connectivity index (χ0n) is 10.2. The van der Waals surface area contributed by atoms with Crippen LogP contribution >= 0.6 is 22.6 Å². The van der Waals surface area contributed by atoms with Gasteiger partial charge in [0.1, 0.15) is 0 Å². The van der Waals surface area contributed by atoms with Crippen molar-refractivity contribution in [3.63, 3.8) is 0 Å². The Bertz CT molecular complexity index is 420. The van der Waals surface area contributed by atoms with Crippen molar-refractivity contribution in [1.29, 1.82) is 0 Å². The Morgan fingerprint density at radius 3 is 2.69 bits per heavy atom. The van der Waals surface area contributed by atoms with Crippen LogP contribution in [0.15, 0.2) is 11.1 Å². The van der Waals surface area contributed by atoms with Crippen molar-refractivity contribution in [2.75, 3.05) is 6.54 Å². The lowest BCUT2D eigenvalue weighted by Crippen LogP contribution is -2.39. The van der Waals surface area contributed by atoms with Crippen LogP contribution in [0.3, 0.4) is 0 Å². The van der Waals surface area contributed by atoms with Crippen LogP contribution in [0.25, 0.3) is 0 Å². The summed E-state index contributed by atoms with van der Waals surface area (Å²) in [6.45, 7) is 9.58. The minimum atomic E-state index is 0.0452. The monoisotopic (exact) mass is 335 g/mol. The fraction of sp³-hybridized carbons (Fsp3) is 0.636. The Labute approximate surface area is 110 Å². The number of rotatable bonds is 3. The molecule has 1 heterocycles. The molecular formula is C11H18IN3O. The van der Waals surface area contributed by atoms with E-state index in [1.807, 2.05) is 29.5 Å². The van der Waals surface area contributed by atoms with Gasteiger partial charge in [-0.3, -0.25) is 9.36 Å². The van der Waals surface area contributed by atoms with Gasteiger partial charge in [-0.2, -0.15) is 0 Å². The molecule has 0 aromatic carbocycles. The van der Waals surface area contributed by atoms with Crippen molar-refractivity contribution >= 4 is 22.6 Å². The van der Waals surface area contributed by atoms with E-state index in [-0.39, 0.29) is 11.1 Å². The quantitative estimate of drug-likeness (QED) is 0.853. The highest BCUT2D eigenvalue weighted by Gasteiger charge is 2.09. The minimum Gasteiger partial charge on any atom is -0.310 e. The van der Waals surface area contributed by atoms with Crippen LogP contribution in [-0.2, 0) is 6.54 Å². The topological polar surface area (TPSA) is 46.9 Å². The SMILES string of the molecule is Cc1ncn(CCNC(C)(C)C)c(=O)c1I. The summed E-state index contributed by atoms with van der Waals surface area (Å²) in [6, 6.07) is 0. The first-order chi connectivity index (χ1) is 7.31. The molecule has 1 rings (SSSR count). The zero-order valence-corrected chi connectivity index (χ0v) is 12.3. The van der Waals surface area contributed by atoms with Crippen molar-refractivity contribution in [1.82, 2.24) is 14.9 Å². The first-order valence-corrected chi connectivity index (χ1v) is 6.36. The molecule has 5 heteroatoms. The van der Waals surface area contributed by atoms with E-state index in [0.29, 0.717) is 10.1 Å². The minimum absolute atomic E-state index is 0.0452. The second-order valence-corrected chi connectivity index (χ2v) is 5.90. The van der Waals surface area contributed by atoms with Crippen LogP contribution in [0.4, 0.5) is 0 Å². The van der Waals surface area contributed by atoms with Gasteiger partial charge in [-0.05, 0) is 50.3 Å². The number of aryl methyl sites for hydroxylation is 1. The molecule has 0 spiro atoms. The average molecular weight is 335 g/mol. The van der Waals surface area contributed by atoms with Crippen molar-refractivity contribution < 1.29 is 0 Å². The Kier molecular flexibility index (Phi) is 4.49. The Morgan fingerprint density at radius 1 is 1.50 bits per heavy atom. The molecule has 0 saturated heterocycles. The molecule has 1 N–H and O–H groups in total. The zero-order chi connectivity index (χ0) is 12.3. The molecule has 0 radical (unpaired) electrons. The highest BCUT2D eigenvalue weighted by Crippen LogP contribution is 2.01. The molecule has 4 nitrogen and oxygen atoms in total. The molecule has 90 valence electrons. The maximum absolute atomic E-state index is 11.8. The lowest BCUT2D eigenvalue weighted by atomic mass is 10.1. The Balaban J connectivity index is 2.69. The lowest BCUT2D eigenvalue weighted by Gasteiger charge is -2.20. The summed E-state index contributed by atoms with van der Waals surface area (Å²) in [5.41, 5.74) is 0.920. The summed E-state index contributed by atoms with van der Waals surface area (Å²) in [5, 5.41) is 3.34. The lowest BCUT2D eigenvalue weighted by molar-refractivity contribution is 0.409. The molecule has 0 aliphatic rings. The second kappa shape index (κ2) is 5.27. The fourth-order valence-corrected chi connectivity index (χ4v) is 1.71. The van der Waals surface area contributed by atoms with E-state index in [9.17, 15) is 4.79 Å². The third-order valence-electron chi connectivity index (χ3n) is 2.17. The van der Waals surface area contributed by atoms with Crippen molar-refractivity contribution in [2.24, 2.45) is 0 Å². The fourth-order valence-electron chi connectivity index (χ4n) is 1.26. The summed E-state index contributed by atoms with van der Waals surface area (Å²) in [4.78, 5) is 16.0. The number of hydrogen-bond acceptors (Lipinski definition) is 3. The molecule has 0 aliphatic carbocycles. The molecule has 0 bridgehead atoms. The molecular weight excluding hydrogens is 317 g/mol. The van der Waals surface area contributed by atoms with E-state index in [0.717, 1.165) is 12.2 Å². The summed E-state index contributed by atoms with van der Waals surface area (Å²) < 4.78 is 2.35. The highest BCUT2D eigenvalue weighted by molar-refractivity contribution is 14.1. The van der Waals surface area contributed by atoms with Gasteiger partial charge >= 0.3 is 0 Å². The van der Waals surface area contributed by atoms with Crippen LogP contribution in [0.2, 0.25) is 0 Å². The second-order valence-electron chi connectivity index (χ2n) is 4.82. The molecule has 16 heavy (non-hydrogen) atoms. The van der Waals surface area contributed by atoms with Crippen LogP contribution in [-0.4, -0.2) is 21.6 Å². The number of hydrogen-bond donors (Lipinski definition) is 1. The molecule has 0 saturated carbocycles. The van der Waals surface area contributed by atoms with Crippen molar-refractivity contribution in [3.8, 4) is 0 Å². The van der Waals surface area contributed by atoms with E-state index in [4.69, 9.17) is 0 Å². The maximum atomic E-state index is 11.8. The molecule has 0 amide bonds. The van der Waals surface area contributed by atoms with Gasteiger partial charge in [-0.25, -0.2) is 4.98 Å². The highest BCUT2D eigenvalue weighted by atomic mass is 127. The molecule has 0 unspecified atom stereocenters. The van der Waals surface area contributed by atoms with Gasteiger partial charge in [0.25, 0.3) is 5.56 Å². The van der Waals surface area contributed by atoms with Gasteiger partial charge in [-0.1, -0.05) is 0 Å².